The van der Waals surface area contributed by atoms with E-state index in [-0.39, 0.29) is 16.7 Å². The van der Waals surface area contributed by atoms with E-state index in [1.54, 1.807) is 12.4 Å². The molecule has 0 aliphatic heterocycles. The third-order valence-corrected chi connectivity index (χ3v) is 5.78. The van der Waals surface area contributed by atoms with Crippen molar-refractivity contribution in [2.24, 2.45) is 7.05 Å². The maximum atomic E-state index is 13.3. The van der Waals surface area contributed by atoms with Gasteiger partial charge in [0.1, 0.15) is 0 Å². The number of pyridine rings is 1. The lowest BCUT2D eigenvalue weighted by molar-refractivity contribution is -0.135. The van der Waals surface area contributed by atoms with Gasteiger partial charge in [0, 0.05) is 37.1 Å². The molecule has 6 nitrogen and oxygen atoms in total. The standard InChI is InChI=1S/C22H27N5OS/c1-16(20(28)27(22(2,3)4)15-17-9-7-6-8-10-17)29-21-25-24-19(26(21)5)18-11-13-23-14-12-18/h6-14,16H,15H2,1-5H3/t16-/m0/s1. The molecule has 0 radical (unpaired) electrons. The normalized spacial score (nSPS) is 12.6. The molecule has 7 heteroatoms. The molecule has 0 unspecified atom stereocenters. The number of rotatable bonds is 6. The van der Waals surface area contributed by atoms with Crippen molar-refractivity contribution in [3.8, 4) is 11.4 Å². The van der Waals surface area contributed by atoms with Crippen molar-refractivity contribution in [1.82, 2.24) is 24.6 Å². The van der Waals surface area contributed by atoms with Crippen LogP contribution in [0.2, 0.25) is 0 Å². The average Bonchev–Trinajstić information content (AvgIpc) is 3.06. The molecule has 2 heterocycles. The Labute approximate surface area is 176 Å². The fourth-order valence-electron chi connectivity index (χ4n) is 3.01. The molecule has 1 aromatic carbocycles. The first-order valence-corrected chi connectivity index (χ1v) is 10.5. The summed E-state index contributed by atoms with van der Waals surface area (Å²) in [5.74, 6) is 0.839. The Balaban J connectivity index is 1.77. The first-order chi connectivity index (χ1) is 13.8. The molecule has 2 aromatic heterocycles. The summed E-state index contributed by atoms with van der Waals surface area (Å²) in [5.41, 5.74) is 1.77. The van der Waals surface area contributed by atoms with Crippen LogP contribution in [0.25, 0.3) is 11.4 Å². The number of hydrogen-bond donors (Lipinski definition) is 0. The number of thioether (sulfide) groups is 1. The predicted octanol–water partition coefficient (Wildman–Crippen LogP) is 4.19. The van der Waals surface area contributed by atoms with E-state index in [1.807, 2.05) is 65.9 Å². The highest BCUT2D eigenvalue weighted by molar-refractivity contribution is 8.00. The number of hydrogen-bond acceptors (Lipinski definition) is 5. The third-order valence-electron chi connectivity index (χ3n) is 4.66. The molecule has 0 bridgehead atoms. The molecule has 0 saturated heterocycles. The van der Waals surface area contributed by atoms with Gasteiger partial charge in [0.15, 0.2) is 11.0 Å². The van der Waals surface area contributed by atoms with Gasteiger partial charge in [-0.25, -0.2) is 0 Å². The van der Waals surface area contributed by atoms with Gasteiger partial charge in [0.25, 0.3) is 0 Å². The van der Waals surface area contributed by atoms with E-state index in [1.165, 1.54) is 11.8 Å². The monoisotopic (exact) mass is 409 g/mol. The van der Waals surface area contributed by atoms with Gasteiger partial charge >= 0.3 is 0 Å². The average molecular weight is 410 g/mol. The smallest absolute Gasteiger partial charge is 0.236 e. The van der Waals surface area contributed by atoms with Crippen LogP contribution in [0.1, 0.15) is 33.3 Å². The summed E-state index contributed by atoms with van der Waals surface area (Å²) in [6.45, 7) is 8.70. The lowest BCUT2D eigenvalue weighted by Crippen LogP contribution is -2.48. The second-order valence-corrected chi connectivity index (χ2v) is 9.25. The Bertz CT molecular complexity index is 950. The van der Waals surface area contributed by atoms with Gasteiger partial charge in [-0.2, -0.15) is 0 Å². The van der Waals surface area contributed by atoms with E-state index >= 15 is 0 Å². The molecule has 152 valence electrons. The van der Waals surface area contributed by atoms with Gasteiger partial charge in [0.05, 0.1) is 5.25 Å². The number of nitrogens with zero attached hydrogens (tertiary/aromatic N) is 5. The van der Waals surface area contributed by atoms with Gasteiger partial charge < -0.3 is 9.47 Å². The van der Waals surface area contributed by atoms with Crippen LogP contribution in [-0.4, -0.2) is 41.3 Å². The molecule has 0 fully saturated rings. The summed E-state index contributed by atoms with van der Waals surface area (Å²) in [5, 5.41) is 9.03. The quantitative estimate of drug-likeness (QED) is 0.571. The van der Waals surface area contributed by atoms with E-state index in [0.717, 1.165) is 17.0 Å². The Morgan fingerprint density at radius 1 is 1.10 bits per heavy atom. The first-order valence-electron chi connectivity index (χ1n) is 9.59. The lowest BCUT2D eigenvalue weighted by Gasteiger charge is -2.37. The van der Waals surface area contributed by atoms with Crippen LogP contribution in [0.3, 0.4) is 0 Å². The van der Waals surface area contributed by atoms with Gasteiger partial charge in [-0.15, -0.1) is 10.2 Å². The number of carbonyl (C=O) groups is 1. The second-order valence-electron chi connectivity index (χ2n) is 7.94. The van der Waals surface area contributed by atoms with Crippen molar-refractivity contribution < 1.29 is 4.79 Å². The zero-order valence-electron chi connectivity index (χ0n) is 17.5. The maximum absolute atomic E-state index is 13.3. The lowest BCUT2D eigenvalue weighted by atomic mass is 10.0. The van der Waals surface area contributed by atoms with Crippen molar-refractivity contribution >= 4 is 17.7 Å². The Morgan fingerprint density at radius 2 is 1.76 bits per heavy atom. The number of benzene rings is 1. The predicted molar refractivity (Wildman–Crippen MR) is 116 cm³/mol. The van der Waals surface area contributed by atoms with Crippen molar-refractivity contribution in [3.63, 3.8) is 0 Å². The molecule has 1 amide bonds. The summed E-state index contributed by atoms with van der Waals surface area (Å²) >= 11 is 1.43. The molecule has 0 spiro atoms. The highest BCUT2D eigenvalue weighted by atomic mass is 32.2. The van der Waals surface area contributed by atoms with Crippen molar-refractivity contribution in [2.45, 2.75) is 50.2 Å². The number of amides is 1. The largest absolute Gasteiger partial charge is 0.333 e. The Kier molecular flexibility index (Phi) is 6.37. The van der Waals surface area contributed by atoms with Crippen molar-refractivity contribution in [3.05, 3.63) is 60.4 Å². The van der Waals surface area contributed by atoms with E-state index in [0.29, 0.717) is 11.7 Å². The molecular weight excluding hydrogens is 382 g/mol. The van der Waals surface area contributed by atoms with Gasteiger partial charge in [0.2, 0.25) is 5.91 Å². The van der Waals surface area contributed by atoms with Crippen LogP contribution in [0, 0.1) is 0 Å². The minimum atomic E-state index is -0.288. The molecule has 29 heavy (non-hydrogen) atoms. The first kappa shape index (κ1) is 21.0. The minimum absolute atomic E-state index is 0.0832. The maximum Gasteiger partial charge on any atom is 0.236 e. The molecule has 0 aliphatic carbocycles. The van der Waals surface area contributed by atoms with E-state index in [2.05, 4.69) is 36.0 Å². The highest BCUT2D eigenvalue weighted by Crippen LogP contribution is 2.28. The van der Waals surface area contributed by atoms with Crippen LogP contribution >= 0.6 is 11.8 Å². The Morgan fingerprint density at radius 3 is 2.38 bits per heavy atom. The third kappa shape index (κ3) is 5.03. The van der Waals surface area contributed by atoms with Gasteiger partial charge in [-0.05, 0) is 45.4 Å². The van der Waals surface area contributed by atoms with Crippen LogP contribution in [0.15, 0.2) is 60.0 Å². The second kappa shape index (κ2) is 8.78. The van der Waals surface area contributed by atoms with Crippen molar-refractivity contribution in [2.75, 3.05) is 0 Å². The van der Waals surface area contributed by atoms with E-state index < -0.39 is 0 Å². The highest BCUT2D eigenvalue weighted by Gasteiger charge is 2.31. The number of aromatic nitrogens is 4. The zero-order valence-corrected chi connectivity index (χ0v) is 18.3. The SMILES string of the molecule is C[C@H](Sc1nnc(-c2ccncc2)n1C)C(=O)N(Cc1ccccc1)C(C)(C)C. The van der Waals surface area contributed by atoms with Crippen LogP contribution in [-0.2, 0) is 18.4 Å². The summed E-state index contributed by atoms with van der Waals surface area (Å²) < 4.78 is 1.92. The molecule has 1 atom stereocenters. The zero-order chi connectivity index (χ0) is 21.0. The van der Waals surface area contributed by atoms with Gasteiger partial charge in [-0.3, -0.25) is 9.78 Å². The molecule has 0 saturated carbocycles. The minimum Gasteiger partial charge on any atom is -0.333 e. The van der Waals surface area contributed by atoms with E-state index in [9.17, 15) is 4.79 Å². The van der Waals surface area contributed by atoms with Gasteiger partial charge in [-0.1, -0.05) is 42.1 Å². The fourth-order valence-corrected chi connectivity index (χ4v) is 3.89. The molecular formula is C22H27N5OS. The van der Waals surface area contributed by atoms with Crippen LogP contribution in [0.4, 0.5) is 0 Å². The topological polar surface area (TPSA) is 63.9 Å². The molecule has 3 rings (SSSR count). The summed E-state index contributed by atoms with van der Waals surface area (Å²) in [6, 6.07) is 13.9. The van der Waals surface area contributed by atoms with E-state index in [4.69, 9.17) is 0 Å². The summed E-state index contributed by atoms with van der Waals surface area (Å²) in [7, 11) is 1.92. The number of carbonyl (C=O) groups excluding carboxylic acids is 1. The molecule has 0 aliphatic rings. The van der Waals surface area contributed by atoms with Crippen LogP contribution in [0.5, 0.6) is 0 Å². The van der Waals surface area contributed by atoms with Crippen LogP contribution < -0.4 is 0 Å². The molecule has 0 N–H and O–H groups in total. The summed E-state index contributed by atoms with van der Waals surface area (Å²) in [4.78, 5) is 19.3. The Hall–Kier alpha value is -2.67. The molecule has 3 aromatic rings. The fraction of sp³-hybridized carbons (Fsp3) is 0.364. The van der Waals surface area contributed by atoms with Crippen molar-refractivity contribution in [1.29, 1.82) is 0 Å². The summed E-state index contributed by atoms with van der Waals surface area (Å²) in [6.07, 6.45) is 3.46.